The van der Waals surface area contributed by atoms with E-state index in [1.54, 1.807) is 12.1 Å². The van der Waals surface area contributed by atoms with Gasteiger partial charge in [-0.15, -0.1) is 0 Å². The number of carboxylic acids is 1. The number of rotatable bonds is 7. The molecule has 2 amide bonds. The topological polar surface area (TPSA) is 98.7 Å². The van der Waals surface area contributed by atoms with Gasteiger partial charge in [-0.2, -0.15) is 0 Å². The molecular weight excluding hydrogens is 260 g/mol. The number of unbranched alkanes of at least 4 members (excludes halogenated alkanes) is 1. The summed E-state index contributed by atoms with van der Waals surface area (Å²) in [5.74, 6) is -1.28. The van der Waals surface area contributed by atoms with Crippen molar-refractivity contribution in [3.63, 3.8) is 0 Å². The summed E-state index contributed by atoms with van der Waals surface area (Å²) >= 11 is 0. The molecule has 6 heteroatoms. The Labute approximate surface area is 117 Å². The second-order valence-electron chi connectivity index (χ2n) is 4.47. The lowest BCUT2D eigenvalue weighted by Gasteiger charge is -2.12. The molecule has 4 N–H and O–H groups in total. The van der Waals surface area contributed by atoms with Crippen LogP contribution in [0.4, 0.5) is 10.5 Å². The fourth-order valence-corrected chi connectivity index (χ4v) is 1.65. The lowest BCUT2D eigenvalue weighted by molar-refractivity contribution is -0.140. The summed E-state index contributed by atoms with van der Waals surface area (Å²) in [6.07, 6.45) is 3.23. The maximum atomic E-state index is 11.5. The number of aliphatic hydroxyl groups is 1. The number of hydrogen-bond donors (Lipinski definition) is 4. The second kappa shape index (κ2) is 8.16. The van der Waals surface area contributed by atoms with Gasteiger partial charge >= 0.3 is 12.0 Å². The van der Waals surface area contributed by atoms with Crippen LogP contribution in [0.25, 0.3) is 0 Å². The summed E-state index contributed by atoms with van der Waals surface area (Å²) in [7, 11) is 0. The van der Waals surface area contributed by atoms with E-state index in [2.05, 4.69) is 17.6 Å². The van der Waals surface area contributed by atoms with Crippen LogP contribution in [0.3, 0.4) is 0 Å². The van der Waals surface area contributed by atoms with Crippen LogP contribution in [0.2, 0.25) is 0 Å². The van der Waals surface area contributed by atoms with E-state index < -0.39 is 24.6 Å². The molecule has 6 nitrogen and oxygen atoms in total. The Kier molecular flexibility index (Phi) is 6.52. The van der Waals surface area contributed by atoms with Gasteiger partial charge in [-0.1, -0.05) is 25.5 Å². The van der Waals surface area contributed by atoms with E-state index in [0.717, 1.165) is 19.3 Å². The number of urea groups is 1. The van der Waals surface area contributed by atoms with Gasteiger partial charge in [-0.25, -0.2) is 9.59 Å². The minimum Gasteiger partial charge on any atom is -0.480 e. The van der Waals surface area contributed by atoms with Gasteiger partial charge in [0, 0.05) is 5.69 Å². The monoisotopic (exact) mass is 280 g/mol. The summed E-state index contributed by atoms with van der Waals surface area (Å²) in [5.41, 5.74) is 1.77. The third kappa shape index (κ3) is 5.27. The molecule has 0 saturated heterocycles. The standard InChI is InChI=1S/C14H20N2O4/c1-2-3-4-10-5-7-11(8-6-10)15-14(20)16-12(9-17)13(18)19/h5-8,12,17H,2-4,9H2,1H3,(H,18,19)(H2,15,16,20)/t12-/m1/s1. The number of benzene rings is 1. The Morgan fingerprint density at radius 1 is 1.25 bits per heavy atom. The van der Waals surface area contributed by atoms with Crippen molar-refractivity contribution in [3.8, 4) is 0 Å². The molecule has 0 fully saturated rings. The Hall–Kier alpha value is -2.08. The first-order valence-corrected chi connectivity index (χ1v) is 6.57. The van der Waals surface area contributed by atoms with E-state index in [1.807, 2.05) is 12.1 Å². The van der Waals surface area contributed by atoms with E-state index in [1.165, 1.54) is 5.56 Å². The van der Waals surface area contributed by atoms with Crippen molar-refractivity contribution in [1.29, 1.82) is 0 Å². The summed E-state index contributed by atoms with van der Waals surface area (Å²) in [5, 5.41) is 22.2. The molecule has 0 aliphatic rings. The van der Waals surface area contributed by atoms with Crippen molar-refractivity contribution in [2.45, 2.75) is 32.2 Å². The van der Waals surface area contributed by atoms with Gasteiger partial charge in [0.2, 0.25) is 0 Å². The first-order chi connectivity index (χ1) is 9.56. The fourth-order valence-electron chi connectivity index (χ4n) is 1.65. The summed E-state index contributed by atoms with van der Waals surface area (Å²) in [6, 6.07) is 5.41. The maximum Gasteiger partial charge on any atom is 0.328 e. The van der Waals surface area contributed by atoms with Gasteiger partial charge in [-0.05, 0) is 30.5 Å². The van der Waals surface area contributed by atoms with Crippen molar-refractivity contribution < 1.29 is 19.8 Å². The Morgan fingerprint density at radius 3 is 2.40 bits per heavy atom. The predicted molar refractivity (Wildman–Crippen MR) is 75.7 cm³/mol. The van der Waals surface area contributed by atoms with Crippen LogP contribution in [-0.2, 0) is 11.2 Å². The molecule has 1 aromatic carbocycles. The van der Waals surface area contributed by atoms with Crippen LogP contribution < -0.4 is 10.6 Å². The number of carbonyl (C=O) groups excluding carboxylic acids is 1. The molecule has 0 saturated carbocycles. The molecule has 1 atom stereocenters. The number of nitrogens with one attached hydrogen (secondary N) is 2. The van der Waals surface area contributed by atoms with E-state index in [9.17, 15) is 9.59 Å². The SMILES string of the molecule is CCCCc1ccc(NC(=O)N[C@H](CO)C(=O)O)cc1. The molecule has 0 aromatic heterocycles. The number of anilines is 1. The smallest absolute Gasteiger partial charge is 0.328 e. The summed E-state index contributed by atoms with van der Waals surface area (Å²) in [4.78, 5) is 22.2. The highest BCUT2D eigenvalue weighted by molar-refractivity contribution is 5.92. The Balaban J connectivity index is 2.51. The fraction of sp³-hybridized carbons (Fsp3) is 0.429. The highest BCUT2D eigenvalue weighted by Crippen LogP contribution is 2.11. The average Bonchev–Trinajstić information content (AvgIpc) is 2.43. The van der Waals surface area contributed by atoms with Crippen LogP contribution in [0, 0.1) is 0 Å². The zero-order valence-electron chi connectivity index (χ0n) is 11.4. The van der Waals surface area contributed by atoms with Crippen LogP contribution in [0.1, 0.15) is 25.3 Å². The third-order valence-corrected chi connectivity index (χ3v) is 2.82. The number of hydrogen-bond acceptors (Lipinski definition) is 3. The molecule has 0 bridgehead atoms. The highest BCUT2D eigenvalue weighted by atomic mass is 16.4. The molecular formula is C14H20N2O4. The summed E-state index contributed by atoms with van der Waals surface area (Å²) in [6.45, 7) is 1.47. The third-order valence-electron chi connectivity index (χ3n) is 2.82. The van der Waals surface area contributed by atoms with Gasteiger partial charge in [0.15, 0.2) is 6.04 Å². The van der Waals surface area contributed by atoms with Gasteiger partial charge < -0.3 is 20.8 Å². The van der Waals surface area contributed by atoms with Gasteiger partial charge in [0.25, 0.3) is 0 Å². The lowest BCUT2D eigenvalue weighted by atomic mass is 10.1. The molecule has 0 radical (unpaired) electrons. The first-order valence-electron chi connectivity index (χ1n) is 6.57. The number of aliphatic carboxylic acids is 1. The number of carbonyl (C=O) groups is 2. The van der Waals surface area contributed by atoms with E-state index in [4.69, 9.17) is 10.2 Å². The van der Waals surface area contributed by atoms with Crippen LogP contribution in [0.15, 0.2) is 24.3 Å². The first kappa shape index (κ1) is 16.0. The van der Waals surface area contributed by atoms with E-state index in [0.29, 0.717) is 5.69 Å². The van der Waals surface area contributed by atoms with Crippen molar-refractivity contribution in [2.24, 2.45) is 0 Å². The average molecular weight is 280 g/mol. The largest absolute Gasteiger partial charge is 0.480 e. The van der Waals surface area contributed by atoms with Crippen molar-refractivity contribution in [3.05, 3.63) is 29.8 Å². The molecule has 1 rings (SSSR count). The van der Waals surface area contributed by atoms with Crippen molar-refractivity contribution in [2.75, 3.05) is 11.9 Å². The molecule has 1 aromatic rings. The predicted octanol–water partition coefficient (Wildman–Crippen LogP) is 1.60. The van der Waals surface area contributed by atoms with Gasteiger partial charge in [0.1, 0.15) is 0 Å². The molecule has 0 aliphatic carbocycles. The van der Waals surface area contributed by atoms with Gasteiger partial charge in [-0.3, -0.25) is 0 Å². The van der Waals surface area contributed by atoms with Crippen LogP contribution in [-0.4, -0.2) is 34.9 Å². The number of carboxylic acid groups (broad SMARTS) is 1. The zero-order chi connectivity index (χ0) is 15.0. The number of aryl methyl sites for hydroxylation is 1. The van der Waals surface area contributed by atoms with Crippen LogP contribution in [0.5, 0.6) is 0 Å². The van der Waals surface area contributed by atoms with Crippen LogP contribution >= 0.6 is 0 Å². The van der Waals surface area contributed by atoms with E-state index in [-0.39, 0.29) is 0 Å². The molecule has 0 unspecified atom stereocenters. The minimum absolute atomic E-state index is 0.574. The van der Waals surface area contributed by atoms with Crippen molar-refractivity contribution in [1.82, 2.24) is 5.32 Å². The zero-order valence-corrected chi connectivity index (χ0v) is 11.4. The summed E-state index contributed by atoms with van der Waals surface area (Å²) < 4.78 is 0. The number of amides is 2. The Morgan fingerprint density at radius 2 is 1.90 bits per heavy atom. The molecule has 0 heterocycles. The van der Waals surface area contributed by atoms with E-state index >= 15 is 0 Å². The highest BCUT2D eigenvalue weighted by Gasteiger charge is 2.18. The number of aliphatic hydroxyl groups excluding tert-OH is 1. The second-order valence-corrected chi connectivity index (χ2v) is 4.47. The maximum absolute atomic E-state index is 11.5. The molecule has 20 heavy (non-hydrogen) atoms. The minimum atomic E-state index is -1.31. The Bertz CT molecular complexity index is 445. The lowest BCUT2D eigenvalue weighted by Crippen LogP contribution is -2.45. The van der Waals surface area contributed by atoms with Crippen molar-refractivity contribution >= 4 is 17.7 Å². The quantitative estimate of drug-likeness (QED) is 0.609. The normalized spacial score (nSPS) is 11.7. The molecule has 0 spiro atoms. The molecule has 110 valence electrons. The molecule has 0 aliphatic heterocycles. The van der Waals surface area contributed by atoms with Gasteiger partial charge in [0.05, 0.1) is 6.61 Å².